The second kappa shape index (κ2) is 6.81. The minimum atomic E-state index is -0.411. The van der Waals surface area contributed by atoms with Crippen LogP contribution in [0.25, 0.3) is 0 Å². The number of carbonyl (C=O) groups is 3. The van der Waals surface area contributed by atoms with E-state index in [1.54, 1.807) is 0 Å². The molecule has 1 unspecified atom stereocenters. The Morgan fingerprint density at radius 3 is 2.60 bits per heavy atom. The number of piperidine rings is 1. The number of carbonyl (C=O) groups excluding carboxylic acids is 3. The summed E-state index contributed by atoms with van der Waals surface area (Å²) in [5, 5.41) is 2.34. The Bertz CT molecular complexity index is 399. The smallest absolute Gasteiger partial charge is 0.246 e. The minimum absolute atomic E-state index is 0.0189. The van der Waals surface area contributed by atoms with E-state index in [4.69, 9.17) is 5.73 Å². The van der Waals surface area contributed by atoms with Crippen molar-refractivity contribution in [1.82, 2.24) is 15.1 Å². The molecule has 0 aromatic rings. The van der Waals surface area contributed by atoms with Crippen molar-refractivity contribution in [3.05, 3.63) is 0 Å². The van der Waals surface area contributed by atoms with Gasteiger partial charge in [-0.15, -0.1) is 0 Å². The van der Waals surface area contributed by atoms with Gasteiger partial charge in [0.2, 0.25) is 17.7 Å². The summed E-state index contributed by atoms with van der Waals surface area (Å²) in [6.45, 7) is 2.28. The van der Waals surface area contributed by atoms with Gasteiger partial charge in [0.1, 0.15) is 0 Å². The lowest BCUT2D eigenvalue weighted by atomic mass is 10.1. The number of rotatable bonds is 4. The third-order valence-corrected chi connectivity index (χ3v) is 3.69. The topological polar surface area (TPSA) is 95.7 Å². The standard InChI is InChI=1S/C13H22N4O3/c14-10-3-1-5-16(7-10)8-11(18)15-12(19)9-17-6-2-4-13(17)20/h10H,1-9,14H2,(H,15,18,19). The monoisotopic (exact) mass is 282 g/mol. The van der Waals surface area contributed by atoms with Crippen LogP contribution in [0.2, 0.25) is 0 Å². The van der Waals surface area contributed by atoms with Gasteiger partial charge in [0, 0.05) is 25.6 Å². The summed E-state index contributed by atoms with van der Waals surface area (Å²) in [6, 6.07) is 0.106. The Morgan fingerprint density at radius 2 is 1.95 bits per heavy atom. The summed E-state index contributed by atoms with van der Waals surface area (Å²) >= 11 is 0. The van der Waals surface area contributed by atoms with E-state index in [9.17, 15) is 14.4 Å². The van der Waals surface area contributed by atoms with E-state index in [1.165, 1.54) is 4.90 Å². The largest absolute Gasteiger partial charge is 0.333 e. The van der Waals surface area contributed by atoms with Gasteiger partial charge in [-0.25, -0.2) is 0 Å². The molecule has 3 amide bonds. The highest BCUT2D eigenvalue weighted by Crippen LogP contribution is 2.09. The zero-order valence-electron chi connectivity index (χ0n) is 11.6. The number of nitrogens with one attached hydrogen (secondary N) is 1. The lowest BCUT2D eigenvalue weighted by Gasteiger charge is -2.29. The Kier molecular flexibility index (Phi) is 5.08. The quantitative estimate of drug-likeness (QED) is 0.666. The van der Waals surface area contributed by atoms with E-state index in [0.29, 0.717) is 19.5 Å². The summed E-state index contributed by atoms with van der Waals surface area (Å²) < 4.78 is 0. The molecule has 0 radical (unpaired) electrons. The van der Waals surface area contributed by atoms with Crippen LogP contribution in [-0.4, -0.2) is 66.3 Å². The normalized spacial score (nSPS) is 23.9. The minimum Gasteiger partial charge on any atom is -0.333 e. The van der Waals surface area contributed by atoms with Crippen LogP contribution >= 0.6 is 0 Å². The lowest BCUT2D eigenvalue weighted by molar-refractivity contribution is -0.136. The van der Waals surface area contributed by atoms with Crippen molar-refractivity contribution < 1.29 is 14.4 Å². The summed E-state index contributed by atoms with van der Waals surface area (Å²) in [7, 11) is 0. The highest BCUT2D eigenvalue weighted by Gasteiger charge is 2.24. The van der Waals surface area contributed by atoms with Crippen molar-refractivity contribution in [3.63, 3.8) is 0 Å². The van der Waals surface area contributed by atoms with Gasteiger partial charge in [0.25, 0.3) is 0 Å². The molecule has 20 heavy (non-hydrogen) atoms. The lowest BCUT2D eigenvalue weighted by Crippen LogP contribution is -2.49. The third-order valence-electron chi connectivity index (χ3n) is 3.69. The van der Waals surface area contributed by atoms with E-state index in [-0.39, 0.29) is 30.9 Å². The molecule has 3 N–H and O–H groups in total. The van der Waals surface area contributed by atoms with Crippen LogP contribution in [0.3, 0.4) is 0 Å². The number of nitrogens with zero attached hydrogens (tertiary/aromatic N) is 2. The van der Waals surface area contributed by atoms with Crippen LogP contribution in [0.4, 0.5) is 0 Å². The molecule has 2 rings (SSSR count). The molecule has 7 nitrogen and oxygen atoms in total. The maximum atomic E-state index is 11.8. The highest BCUT2D eigenvalue weighted by molar-refractivity contribution is 5.98. The van der Waals surface area contributed by atoms with E-state index in [2.05, 4.69) is 5.32 Å². The number of amides is 3. The fourth-order valence-corrected chi connectivity index (χ4v) is 2.72. The molecule has 2 aliphatic rings. The number of hydrogen-bond acceptors (Lipinski definition) is 5. The Balaban J connectivity index is 1.70. The maximum Gasteiger partial charge on any atom is 0.246 e. The predicted molar refractivity (Wildman–Crippen MR) is 72.6 cm³/mol. The molecule has 0 saturated carbocycles. The van der Waals surface area contributed by atoms with Crippen LogP contribution in [0, 0.1) is 0 Å². The number of hydrogen-bond donors (Lipinski definition) is 2. The van der Waals surface area contributed by atoms with E-state index in [1.807, 2.05) is 4.90 Å². The Hall–Kier alpha value is -1.47. The zero-order chi connectivity index (χ0) is 14.5. The van der Waals surface area contributed by atoms with E-state index in [0.717, 1.165) is 25.8 Å². The van der Waals surface area contributed by atoms with Crippen molar-refractivity contribution in [1.29, 1.82) is 0 Å². The van der Waals surface area contributed by atoms with Crippen molar-refractivity contribution in [2.24, 2.45) is 5.73 Å². The first-order chi connectivity index (χ1) is 9.54. The van der Waals surface area contributed by atoms with Crippen molar-refractivity contribution in [3.8, 4) is 0 Å². The number of nitrogens with two attached hydrogens (primary N) is 1. The van der Waals surface area contributed by atoms with E-state index >= 15 is 0 Å². The van der Waals surface area contributed by atoms with Crippen molar-refractivity contribution >= 4 is 17.7 Å². The molecule has 112 valence electrons. The zero-order valence-corrected chi connectivity index (χ0v) is 11.6. The Labute approximate surface area is 118 Å². The summed E-state index contributed by atoms with van der Waals surface area (Å²) in [4.78, 5) is 38.3. The van der Waals surface area contributed by atoms with Gasteiger partial charge < -0.3 is 10.6 Å². The molecule has 0 spiro atoms. The molecular formula is C13H22N4O3. The molecule has 2 aliphatic heterocycles. The molecule has 0 aromatic heterocycles. The first-order valence-corrected chi connectivity index (χ1v) is 7.13. The number of likely N-dealkylation sites (tertiary alicyclic amines) is 2. The van der Waals surface area contributed by atoms with Gasteiger partial charge in [-0.05, 0) is 25.8 Å². The van der Waals surface area contributed by atoms with Gasteiger partial charge in [-0.1, -0.05) is 0 Å². The summed E-state index contributed by atoms with van der Waals surface area (Å²) in [5.74, 6) is -0.753. The first kappa shape index (κ1) is 14.9. The van der Waals surface area contributed by atoms with Crippen LogP contribution in [0.5, 0.6) is 0 Å². The average Bonchev–Trinajstić information content (AvgIpc) is 2.74. The summed E-state index contributed by atoms with van der Waals surface area (Å²) in [6.07, 6.45) is 3.23. The van der Waals surface area contributed by atoms with Gasteiger partial charge >= 0.3 is 0 Å². The summed E-state index contributed by atoms with van der Waals surface area (Å²) in [5.41, 5.74) is 5.84. The Morgan fingerprint density at radius 1 is 1.20 bits per heavy atom. The van der Waals surface area contributed by atoms with Crippen LogP contribution < -0.4 is 11.1 Å². The second-order valence-electron chi connectivity index (χ2n) is 5.53. The third kappa shape index (κ3) is 4.28. The predicted octanol–water partition coefficient (Wildman–Crippen LogP) is -1.33. The molecule has 2 heterocycles. The molecule has 2 fully saturated rings. The average molecular weight is 282 g/mol. The second-order valence-corrected chi connectivity index (χ2v) is 5.53. The van der Waals surface area contributed by atoms with Gasteiger partial charge in [0.15, 0.2) is 0 Å². The van der Waals surface area contributed by atoms with Crippen LogP contribution in [0.1, 0.15) is 25.7 Å². The van der Waals surface area contributed by atoms with Gasteiger partial charge in [-0.3, -0.25) is 24.6 Å². The van der Waals surface area contributed by atoms with Gasteiger partial charge in [0.05, 0.1) is 13.1 Å². The molecule has 0 bridgehead atoms. The molecule has 0 aliphatic carbocycles. The first-order valence-electron chi connectivity index (χ1n) is 7.13. The molecule has 0 aromatic carbocycles. The van der Waals surface area contributed by atoms with E-state index < -0.39 is 5.91 Å². The van der Waals surface area contributed by atoms with Crippen molar-refractivity contribution in [2.75, 3.05) is 32.7 Å². The SMILES string of the molecule is NC1CCCN(CC(=O)NC(=O)CN2CCCC2=O)C1. The molecule has 2 saturated heterocycles. The highest BCUT2D eigenvalue weighted by atomic mass is 16.2. The number of imide groups is 1. The molecule has 1 atom stereocenters. The van der Waals surface area contributed by atoms with Crippen LogP contribution in [-0.2, 0) is 14.4 Å². The van der Waals surface area contributed by atoms with Gasteiger partial charge in [-0.2, -0.15) is 0 Å². The molecular weight excluding hydrogens is 260 g/mol. The fraction of sp³-hybridized carbons (Fsp3) is 0.769. The molecule has 7 heteroatoms. The van der Waals surface area contributed by atoms with Crippen molar-refractivity contribution in [2.45, 2.75) is 31.7 Å². The maximum absolute atomic E-state index is 11.8. The fourth-order valence-electron chi connectivity index (χ4n) is 2.72. The van der Waals surface area contributed by atoms with Crippen LogP contribution in [0.15, 0.2) is 0 Å².